The van der Waals surface area contributed by atoms with Gasteiger partial charge in [0.1, 0.15) is 11.3 Å². The fourth-order valence-corrected chi connectivity index (χ4v) is 2.18. The van der Waals surface area contributed by atoms with E-state index < -0.39 is 17.5 Å². The Labute approximate surface area is 127 Å². The van der Waals surface area contributed by atoms with Gasteiger partial charge in [0.2, 0.25) is 5.78 Å². The molecule has 2 rings (SSSR count). The van der Waals surface area contributed by atoms with Crippen LogP contribution in [0.2, 0.25) is 0 Å². The maximum atomic E-state index is 13.0. The van der Waals surface area contributed by atoms with Crippen molar-refractivity contribution in [2.75, 3.05) is 14.1 Å². The van der Waals surface area contributed by atoms with Crippen LogP contribution < -0.4 is 0 Å². The highest BCUT2D eigenvalue weighted by atomic mass is 79.9. The first-order valence-electron chi connectivity index (χ1n) is 5.83. The normalized spacial score (nSPS) is 12.3. The number of imidazole rings is 1. The number of halogens is 4. The fourth-order valence-electron chi connectivity index (χ4n) is 1.75. The summed E-state index contributed by atoms with van der Waals surface area (Å²) in [6, 6.07) is 0.937. The molecule has 2 aromatic heterocycles. The number of fused-ring (bicyclic) bond motifs is 1. The maximum absolute atomic E-state index is 13.0. The Hall–Kier alpha value is -1.83. The molecule has 0 fully saturated rings. The van der Waals surface area contributed by atoms with E-state index in [4.69, 9.17) is 0 Å². The second-order valence-electron chi connectivity index (χ2n) is 4.55. The highest BCUT2D eigenvalue weighted by Crippen LogP contribution is 2.34. The van der Waals surface area contributed by atoms with Crippen LogP contribution in [-0.4, -0.2) is 34.2 Å². The number of hydrogen-bond acceptors (Lipinski definition) is 3. The lowest BCUT2D eigenvalue weighted by Crippen LogP contribution is -2.10. The van der Waals surface area contributed by atoms with Gasteiger partial charge in [-0.2, -0.15) is 13.2 Å². The van der Waals surface area contributed by atoms with Crippen LogP contribution in [0.4, 0.5) is 13.2 Å². The Morgan fingerprint density at radius 1 is 1.43 bits per heavy atom. The Kier molecular flexibility index (Phi) is 4.08. The lowest BCUT2D eigenvalue weighted by Gasteiger charge is -2.09. The van der Waals surface area contributed by atoms with Crippen LogP contribution in [0.1, 0.15) is 16.1 Å². The number of alkyl halides is 3. The summed E-state index contributed by atoms with van der Waals surface area (Å²) in [7, 11) is 3.47. The van der Waals surface area contributed by atoms with E-state index in [1.165, 1.54) is 18.5 Å². The maximum Gasteiger partial charge on any atom is 0.420 e. The first-order valence-corrected chi connectivity index (χ1v) is 6.62. The van der Waals surface area contributed by atoms with Crippen molar-refractivity contribution in [1.29, 1.82) is 0 Å². The Balaban J connectivity index is 2.59. The molecule has 0 spiro atoms. The molecule has 0 aromatic carbocycles. The molecule has 0 N–H and O–H groups in total. The van der Waals surface area contributed by atoms with Crippen molar-refractivity contribution in [2.45, 2.75) is 6.18 Å². The minimum atomic E-state index is -4.55. The van der Waals surface area contributed by atoms with Crippen LogP contribution in [0.25, 0.3) is 5.65 Å². The van der Waals surface area contributed by atoms with E-state index in [1.807, 2.05) is 0 Å². The van der Waals surface area contributed by atoms with E-state index in [-0.39, 0.29) is 15.8 Å². The molecule has 0 atom stereocenters. The van der Waals surface area contributed by atoms with E-state index in [0.717, 1.165) is 16.7 Å². The standard InChI is InChI=1S/C13H11BrF3N3O/c1-19(2)4-3-11(21)10-6-18-12-9(13(15,16)17)5-8(14)7-20(10)12/h3-7H,1-2H3. The molecular weight excluding hydrogens is 351 g/mol. The van der Waals surface area contributed by atoms with Gasteiger partial charge in [-0.15, -0.1) is 0 Å². The Morgan fingerprint density at radius 2 is 2.10 bits per heavy atom. The number of carbonyl (C=O) groups excluding carboxylic acids is 1. The summed E-state index contributed by atoms with van der Waals surface area (Å²) in [5.74, 6) is -0.428. The van der Waals surface area contributed by atoms with Gasteiger partial charge >= 0.3 is 6.18 Å². The average Bonchev–Trinajstić information content (AvgIpc) is 2.77. The second-order valence-corrected chi connectivity index (χ2v) is 5.47. The number of carbonyl (C=O) groups is 1. The predicted molar refractivity (Wildman–Crippen MR) is 75.1 cm³/mol. The lowest BCUT2D eigenvalue weighted by atomic mass is 10.2. The minimum Gasteiger partial charge on any atom is -0.383 e. The zero-order valence-electron chi connectivity index (χ0n) is 11.1. The Bertz CT molecular complexity index is 719. The number of ketones is 1. The number of hydrogen-bond donors (Lipinski definition) is 0. The Morgan fingerprint density at radius 3 is 2.67 bits per heavy atom. The molecule has 0 aliphatic rings. The van der Waals surface area contributed by atoms with Gasteiger partial charge in [-0.3, -0.25) is 9.20 Å². The molecule has 21 heavy (non-hydrogen) atoms. The molecule has 0 radical (unpaired) electrons. The van der Waals surface area contributed by atoms with E-state index in [1.54, 1.807) is 19.0 Å². The van der Waals surface area contributed by atoms with Crippen molar-refractivity contribution in [1.82, 2.24) is 14.3 Å². The number of pyridine rings is 1. The summed E-state index contributed by atoms with van der Waals surface area (Å²) in [5.41, 5.74) is -1.13. The third-order valence-electron chi connectivity index (χ3n) is 2.65. The summed E-state index contributed by atoms with van der Waals surface area (Å²) in [6.07, 6.45) is 0.770. The number of nitrogens with zero attached hydrogens (tertiary/aromatic N) is 3. The molecular formula is C13H11BrF3N3O. The zero-order chi connectivity index (χ0) is 15.8. The molecule has 0 saturated heterocycles. The van der Waals surface area contributed by atoms with Crippen LogP contribution in [0.3, 0.4) is 0 Å². The third-order valence-corrected chi connectivity index (χ3v) is 3.09. The number of aromatic nitrogens is 2. The minimum absolute atomic E-state index is 0.0647. The molecule has 0 aliphatic heterocycles. The van der Waals surface area contributed by atoms with Gasteiger partial charge < -0.3 is 4.90 Å². The first-order chi connectivity index (χ1) is 9.70. The van der Waals surface area contributed by atoms with E-state index in [0.29, 0.717) is 0 Å². The van der Waals surface area contributed by atoms with Gasteiger partial charge in [-0.1, -0.05) is 0 Å². The van der Waals surface area contributed by atoms with Crippen LogP contribution in [0, 0.1) is 0 Å². The van der Waals surface area contributed by atoms with Crippen molar-refractivity contribution < 1.29 is 18.0 Å². The second kappa shape index (κ2) is 5.51. The van der Waals surface area contributed by atoms with Crippen LogP contribution >= 0.6 is 15.9 Å². The topological polar surface area (TPSA) is 37.6 Å². The summed E-state index contributed by atoms with van der Waals surface area (Å²) >= 11 is 3.02. The van der Waals surface area contributed by atoms with Gasteiger partial charge in [-0.25, -0.2) is 4.98 Å². The van der Waals surface area contributed by atoms with Gasteiger partial charge in [0.15, 0.2) is 0 Å². The quantitative estimate of drug-likeness (QED) is 0.621. The molecule has 2 heterocycles. The van der Waals surface area contributed by atoms with Gasteiger partial charge in [0.05, 0.1) is 11.8 Å². The predicted octanol–water partition coefficient (Wildman–Crippen LogP) is 3.37. The van der Waals surface area contributed by atoms with Crippen molar-refractivity contribution in [2.24, 2.45) is 0 Å². The largest absolute Gasteiger partial charge is 0.420 e. The molecule has 0 unspecified atom stereocenters. The van der Waals surface area contributed by atoms with Crippen molar-refractivity contribution in [3.05, 3.63) is 46.5 Å². The van der Waals surface area contributed by atoms with Gasteiger partial charge in [0.25, 0.3) is 0 Å². The van der Waals surface area contributed by atoms with E-state index >= 15 is 0 Å². The monoisotopic (exact) mass is 361 g/mol. The number of allylic oxidation sites excluding steroid dienone is 1. The summed E-state index contributed by atoms with van der Waals surface area (Å²) < 4.78 is 40.3. The average molecular weight is 362 g/mol. The molecule has 0 bridgehead atoms. The van der Waals surface area contributed by atoms with Gasteiger partial charge in [-0.05, 0) is 22.0 Å². The zero-order valence-corrected chi connectivity index (χ0v) is 12.7. The summed E-state index contributed by atoms with van der Waals surface area (Å²) in [4.78, 5) is 17.4. The SMILES string of the molecule is CN(C)C=CC(=O)c1cnc2c(C(F)(F)F)cc(Br)cn12. The third kappa shape index (κ3) is 3.26. The van der Waals surface area contributed by atoms with Crippen molar-refractivity contribution in [3.63, 3.8) is 0 Å². The first kappa shape index (κ1) is 15.6. The number of rotatable bonds is 3. The van der Waals surface area contributed by atoms with Gasteiger partial charge in [0, 0.05) is 37.0 Å². The van der Waals surface area contributed by atoms with Crippen LogP contribution in [-0.2, 0) is 6.18 Å². The summed E-state index contributed by atoms with van der Waals surface area (Å²) in [6.45, 7) is 0. The molecule has 0 amide bonds. The van der Waals surface area contributed by atoms with Crippen LogP contribution in [0.15, 0.2) is 35.2 Å². The fraction of sp³-hybridized carbons (Fsp3) is 0.231. The lowest BCUT2D eigenvalue weighted by molar-refractivity contribution is -0.136. The highest BCUT2D eigenvalue weighted by Gasteiger charge is 2.34. The summed E-state index contributed by atoms with van der Waals surface area (Å²) in [5, 5.41) is 0. The molecule has 2 aromatic rings. The highest BCUT2D eigenvalue weighted by molar-refractivity contribution is 9.10. The van der Waals surface area contributed by atoms with Crippen LogP contribution in [0.5, 0.6) is 0 Å². The molecule has 0 saturated carbocycles. The van der Waals surface area contributed by atoms with E-state index in [2.05, 4.69) is 20.9 Å². The van der Waals surface area contributed by atoms with E-state index in [9.17, 15) is 18.0 Å². The molecule has 8 heteroatoms. The molecule has 112 valence electrons. The smallest absolute Gasteiger partial charge is 0.383 e. The van der Waals surface area contributed by atoms with Crippen molar-refractivity contribution in [3.8, 4) is 0 Å². The van der Waals surface area contributed by atoms with Crippen molar-refractivity contribution >= 4 is 27.4 Å². The molecule has 4 nitrogen and oxygen atoms in total. The molecule has 0 aliphatic carbocycles.